The molecule has 3 rings (SSSR count). The average molecular weight is 311 g/mol. The first-order valence-corrected chi connectivity index (χ1v) is 7.14. The lowest BCUT2D eigenvalue weighted by Crippen LogP contribution is -2.31. The van der Waals surface area contributed by atoms with Crippen molar-refractivity contribution in [2.75, 3.05) is 6.54 Å². The van der Waals surface area contributed by atoms with Crippen LogP contribution >= 0.6 is 0 Å². The number of aromatic amines is 1. The molecule has 0 unspecified atom stereocenters. The van der Waals surface area contributed by atoms with Crippen LogP contribution in [0.1, 0.15) is 15.9 Å². The molecule has 2 heterocycles. The molecule has 6 heteroatoms. The molecule has 0 aliphatic carbocycles. The summed E-state index contributed by atoms with van der Waals surface area (Å²) in [6, 6.07) is 11.1. The number of nitrogens with one attached hydrogen (secondary N) is 2. The van der Waals surface area contributed by atoms with Gasteiger partial charge in [-0.3, -0.25) is 9.59 Å². The highest BCUT2D eigenvalue weighted by atomic mass is 19.1. The molecule has 0 saturated carbocycles. The third-order valence-electron chi connectivity index (χ3n) is 3.47. The fraction of sp³-hybridized carbons (Fsp3) is 0.118. The van der Waals surface area contributed by atoms with Crippen LogP contribution < -0.4 is 10.9 Å². The van der Waals surface area contributed by atoms with Crippen molar-refractivity contribution in [2.45, 2.75) is 6.42 Å². The van der Waals surface area contributed by atoms with Gasteiger partial charge < -0.3 is 10.3 Å². The predicted molar refractivity (Wildman–Crippen MR) is 84.8 cm³/mol. The summed E-state index contributed by atoms with van der Waals surface area (Å²) in [4.78, 5) is 30.7. The third-order valence-corrected chi connectivity index (χ3v) is 3.47. The number of hydrogen-bond donors (Lipinski definition) is 2. The summed E-state index contributed by atoms with van der Waals surface area (Å²) in [6.07, 6.45) is 2.12. The Kier molecular flexibility index (Phi) is 4.14. The lowest BCUT2D eigenvalue weighted by molar-refractivity contribution is 0.0953. The molecule has 1 aromatic carbocycles. The van der Waals surface area contributed by atoms with E-state index in [2.05, 4.69) is 15.3 Å². The number of aromatic nitrogens is 2. The van der Waals surface area contributed by atoms with Gasteiger partial charge in [0, 0.05) is 18.1 Å². The Morgan fingerprint density at radius 3 is 2.78 bits per heavy atom. The molecule has 0 fully saturated rings. The highest BCUT2D eigenvalue weighted by Gasteiger charge is 2.11. The van der Waals surface area contributed by atoms with E-state index in [0.717, 1.165) is 5.56 Å². The van der Waals surface area contributed by atoms with E-state index in [9.17, 15) is 14.0 Å². The number of H-pyrrole nitrogens is 1. The number of halogens is 1. The number of benzene rings is 1. The fourth-order valence-corrected chi connectivity index (χ4v) is 2.27. The van der Waals surface area contributed by atoms with Crippen LogP contribution in [0.15, 0.2) is 53.5 Å². The van der Waals surface area contributed by atoms with Crippen LogP contribution in [0.2, 0.25) is 0 Å². The first-order valence-electron chi connectivity index (χ1n) is 7.14. The molecular weight excluding hydrogens is 297 g/mol. The normalized spacial score (nSPS) is 10.7. The maximum Gasteiger partial charge on any atom is 0.262 e. The zero-order chi connectivity index (χ0) is 16.2. The second kappa shape index (κ2) is 6.39. The van der Waals surface area contributed by atoms with E-state index in [0.29, 0.717) is 24.0 Å². The maximum absolute atomic E-state index is 12.8. The van der Waals surface area contributed by atoms with Gasteiger partial charge >= 0.3 is 0 Å². The minimum atomic E-state index is -0.476. The standard InChI is InChI=1S/C17H14FN3O2/c18-13-5-3-11(4-6-13)7-9-20-16(22)14-10-12-2-1-8-19-15(12)21-17(14)23/h1-6,8,10H,7,9H2,(H,20,22)(H,19,21,23). The molecule has 3 aromatic rings. The van der Waals surface area contributed by atoms with Crippen LogP contribution in [0.25, 0.3) is 11.0 Å². The van der Waals surface area contributed by atoms with E-state index < -0.39 is 11.5 Å². The van der Waals surface area contributed by atoms with E-state index >= 15 is 0 Å². The SMILES string of the molecule is O=C(NCCc1ccc(F)cc1)c1cc2cccnc2[nH]c1=O. The average Bonchev–Trinajstić information content (AvgIpc) is 2.56. The van der Waals surface area contributed by atoms with Gasteiger partial charge in [0.1, 0.15) is 17.0 Å². The maximum atomic E-state index is 12.8. The number of fused-ring (bicyclic) bond motifs is 1. The molecule has 1 amide bonds. The highest BCUT2D eigenvalue weighted by Crippen LogP contribution is 2.07. The van der Waals surface area contributed by atoms with Gasteiger partial charge in [0.05, 0.1) is 0 Å². The van der Waals surface area contributed by atoms with Crippen LogP contribution in [0.4, 0.5) is 4.39 Å². The molecule has 23 heavy (non-hydrogen) atoms. The molecule has 2 aromatic heterocycles. The van der Waals surface area contributed by atoms with Gasteiger partial charge in [0.25, 0.3) is 11.5 Å². The molecular formula is C17H14FN3O2. The van der Waals surface area contributed by atoms with E-state index in [4.69, 9.17) is 0 Å². The van der Waals surface area contributed by atoms with Gasteiger partial charge in [-0.25, -0.2) is 9.37 Å². The molecule has 116 valence electrons. The van der Waals surface area contributed by atoms with Gasteiger partial charge in [-0.15, -0.1) is 0 Å². The van der Waals surface area contributed by atoms with Crippen molar-refractivity contribution in [3.63, 3.8) is 0 Å². The quantitative estimate of drug-likeness (QED) is 0.774. The van der Waals surface area contributed by atoms with Crippen LogP contribution in [0.5, 0.6) is 0 Å². The van der Waals surface area contributed by atoms with Crippen LogP contribution in [-0.4, -0.2) is 22.4 Å². The van der Waals surface area contributed by atoms with Gasteiger partial charge in [-0.1, -0.05) is 12.1 Å². The number of pyridine rings is 2. The van der Waals surface area contributed by atoms with Gasteiger partial charge in [0.15, 0.2) is 0 Å². The van der Waals surface area contributed by atoms with E-state index in [1.807, 2.05) is 0 Å². The van der Waals surface area contributed by atoms with Crippen LogP contribution in [-0.2, 0) is 6.42 Å². The Morgan fingerprint density at radius 2 is 2.00 bits per heavy atom. The molecule has 0 bridgehead atoms. The number of hydrogen-bond acceptors (Lipinski definition) is 3. The molecule has 0 atom stereocenters. The molecule has 0 saturated heterocycles. The largest absolute Gasteiger partial charge is 0.352 e. The Morgan fingerprint density at radius 1 is 1.22 bits per heavy atom. The Balaban J connectivity index is 1.69. The van der Waals surface area contributed by atoms with Crippen molar-refractivity contribution < 1.29 is 9.18 Å². The Hall–Kier alpha value is -3.02. The molecule has 0 spiro atoms. The minimum absolute atomic E-state index is 0.0459. The monoisotopic (exact) mass is 311 g/mol. The lowest BCUT2D eigenvalue weighted by atomic mass is 10.1. The predicted octanol–water partition coefficient (Wildman–Crippen LogP) is 2.03. The number of carbonyl (C=O) groups is 1. The summed E-state index contributed by atoms with van der Waals surface area (Å²) in [5.74, 6) is -0.742. The zero-order valence-corrected chi connectivity index (χ0v) is 12.2. The van der Waals surface area contributed by atoms with Crippen molar-refractivity contribution >= 4 is 16.9 Å². The van der Waals surface area contributed by atoms with Crippen molar-refractivity contribution in [1.29, 1.82) is 0 Å². The molecule has 5 nitrogen and oxygen atoms in total. The Bertz CT molecular complexity index is 904. The lowest BCUT2D eigenvalue weighted by Gasteiger charge is -2.06. The van der Waals surface area contributed by atoms with Crippen molar-refractivity contribution in [2.24, 2.45) is 0 Å². The second-order valence-electron chi connectivity index (χ2n) is 5.09. The Labute approximate surface area is 131 Å². The molecule has 0 radical (unpaired) electrons. The summed E-state index contributed by atoms with van der Waals surface area (Å²) >= 11 is 0. The van der Waals surface area contributed by atoms with Gasteiger partial charge in [0.2, 0.25) is 0 Å². The molecule has 2 N–H and O–H groups in total. The van der Waals surface area contributed by atoms with Crippen LogP contribution in [0.3, 0.4) is 0 Å². The number of rotatable bonds is 4. The minimum Gasteiger partial charge on any atom is -0.352 e. The van der Waals surface area contributed by atoms with Crippen molar-refractivity contribution in [3.8, 4) is 0 Å². The summed E-state index contributed by atoms with van der Waals surface area (Å²) < 4.78 is 12.8. The van der Waals surface area contributed by atoms with Crippen molar-refractivity contribution in [1.82, 2.24) is 15.3 Å². The zero-order valence-electron chi connectivity index (χ0n) is 12.2. The number of nitrogens with zero attached hydrogens (tertiary/aromatic N) is 1. The number of amides is 1. The summed E-state index contributed by atoms with van der Waals surface area (Å²) in [7, 11) is 0. The second-order valence-corrected chi connectivity index (χ2v) is 5.09. The topological polar surface area (TPSA) is 74.8 Å². The molecule has 0 aliphatic rings. The third kappa shape index (κ3) is 3.42. The summed E-state index contributed by atoms with van der Waals surface area (Å²) in [5.41, 5.74) is 0.920. The van der Waals surface area contributed by atoms with Gasteiger partial charge in [-0.2, -0.15) is 0 Å². The smallest absolute Gasteiger partial charge is 0.262 e. The highest BCUT2D eigenvalue weighted by molar-refractivity contribution is 5.96. The van der Waals surface area contributed by atoms with Crippen molar-refractivity contribution in [3.05, 3.63) is 76.0 Å². The summed E-state index contributed by atoms with van der Waals surface area (Å²) in [5, 5.41) is 3.39. The molecule has 0 aliphatic heterocycles. The first kappa shape index (κ1) is 14.9. The summed E-state index contributed by atoms with van der Waals surface area (Å²) in [6.45, 7) is 0.356. The van der Waals surface area contributed by atoms with E-state index in [-0.39, 0.29) is 11.4 Å². The first-order chi connectivity index (χ1) is 11.1. The van der Waals surface area contributed by atoms with E-state index in [1.54, 1.807) is 30.5 Å². The van der Waals surface area contributed by atoms with E-state index in [1.165, 1.54) is 18.2 Å². The van der Waals surface area contributed by atoms with Crippen LogP contribution in [0, 0.1) is 5.82 Å². The van der Waals surface area contributed by atoms with Gasteiger partial charge in [-0.05, 0) is 42.3 Å². The fourth-order valence-electron chi connectivity index (χ4n) is 2.27. The number of carbonyl (C=O) groups excluding carboxylic acids is 1.